The lowest BCUT2D eigenvalue weighted by atomic mass is 10.2. The minimum absolute atomic E-state index is 0. The lowest BCUT2D eigenvalue weighted by Crippen LogP contribution is -2.40. The Morgan fingerprint density at radius 1 is 1.39 bits per heavy atom. The quantitative estimate of drug-likeness (QED) is 0.641. The molecule has 8 heteroatoms. The topological polar surface area (TPSA) is 53.6 Å². The van der Waals surface area contributed by atoms with E-state index in [0.29, 0.717) is 32.3 Å². The van der Waals surface area contributed by atoms with Crippen LogP contribution < -0.4 is 10.6 Å². The maximum absolute atomic E-state index is 11.9. The van der Waals surface area contributed by atoms with Gasteiger partial charge in [-0.2, -0.15) is 0 Å². The van der Waals surface area contributed by atoms with Gasteiger partial charge in [0.2, 0.25) is 5.91 Å². The third-order valence-electron chi connectivity index (χ3n) is 3.71. The number of methoxy groups -OCH3 is 1. The summed E-state index contributed by atoms with van der Waals surface area (Å²) in [6.45, 7) is 4.62. The van der Waals surface area contributed by atoms with Gasteiger partial charge in [-0.3, -0.25) is 9.69 Å². The van der Waals surface area contributed by atoms with E-state index in [1.165, 1.54) is 17.7 Å². The predicted molar refractivity (Wildman–Crippen MR) is 100 cm³/mol. The number of halogens is 2. The van der Waals surface area contributed by atoms with Crippen molar-refractivity contribution < 1.29 is 9.53 Å². The number of carbonyl (C=O) groups excluding carboxylic acids is 1. The van der Waals surface area contributed by atoms with Crippen molar-refractivity contribution in [3.05, 3.63) is 22.4 Å². The van der Waals surface area contributed by atoms with Crippen LogP contribution in [0, 0.1) is 0 Å². The van der Waals surface area contributed by atoms with Crippen molar-refractivity contribution in [2.45, 2.75) is 18.9 Å². The average molecular weight is 384 g/mol. The molecule has 1 amide bonds. The summed E-state index contributed by atoms with van der Waals surface area (Å²) >= 11 is 1.77. The average Bonchev–Trinajstić information content (AvgIpc) is 3.17. The Labute approximate surface area is 155 Å². The van der Waals surface area contributed by atoms with Gasteiger partial charge in [-0.15, -0.1) is 36.2 Å². The highest BCUT2D eigenvalue weighted by atomic mass is 35.5. The highest BCUT2D eigenvalue weighted by Gasteiger charge is 2.24. The third-order valence-corrected chi connectivity index (χ3v) is 4.69. The summed E-state index contributed by atoms with van der Waals surface area (Å²) in [7, 11) is 1.66. The number of likely N-dealkylation sites (tertiary alicyclic amines) is 1. The normalized spacial score (nSPS) is 15.5. The van der Waals surface area contributed by atoms with Crippen LogP contribution in [-0.4, -0.2) is 57.2 Å². The van der Waals surface area contributed by atoms with Crippen molar-refractivity contribution in [1.29, 1.82) is 0 Å². The van der Waals surface area contributed by atoms with Gasteiger partial charge in [0.05, 0.1) is 19.2 Å². The van der Waals surface area contributed by atoms with Gasteiger partial charge >= 0.3 is 0 Å². The van der Waals surface area contributed by atoms with Gasteiger partial charge < -0.3 is 15.4 Å². The van der Waals surface area contributed by atoms with Gasteiger partial charge in [-0.25, -0.2) is 0 Å². The molecule has 134 valence electrons. The molecule has 1 fully saturated rings. The Morgan fingerprint density at radius 2 is 2.13 bits per heavy atom. The zero-order valence-corrected chi connectivity index (χ0v) is 15.9. The monoisotopic (exact) mass is 383 g/mol. The van der Waals surface area contributed by atoms with Crippen LogP contribution in [-0.2, 0) is 9.53 Å². The summed E-state index contributed by atoms with van der Waals surface area (Å²) in [5, 5.41) is 8.22. The fourth-order valence-electron chi connectivity index (χ4n) is 2.59. The van der Waals surface area contributed by atoms with Gasteiger partial charge in [0, 0.05) is 25.1 Å². The number of amides is 1. The first-order chi connectivity index (χ1) is 10.3. The highest BCUT2D eigenvalue weighted by Crippen LogP contribution is 2.27. The molecule has 0 aromatic carbocycles. The van der Waals surface area contributed by atoms with E-state index in [9.17, 15) is 4.79 Å². The summed E-state index contributed by atoms with van der Waals surface area (Å²) in [5.41, 5.74) is 0. The lowest BCUT2D eigenvalue weighted by molar-refractivity contribution is -0.120. The van der Waals surface area contributed by atoms with Crippen LogP contribution in [0.3, 0.4) is 0 Å². The molecule has 1 atom stereocenters. The van der Waals surface area contributed by atoms with Crippen LogP contribution in [0.1, 0.15) is 23.8 Å². The first-order valence-electron chi connectivity index (χ1n) is 7.55. The first-order valence-corrected chi connectivity index (χ1v) is 8.43. The minimum atomic E-state index is 0. The van der Waals surface area contributed by atoms with Crippen molar-refractivity contribution >= 4 is 42.1 Å². The van der Waals surface area contributed by atoms with Gasteiger partial charge in [0.15, 0.2) is 0 Å². The largest absolute Gasteiger partial charge is 0.383 e. The van der Waals surface area contributed by atoms with E-state index in [-0.39, 0.29) is 30.7 Å². The molecule has 0 bridgehead atoms. The summed E-state index contributed by atoms with van der Waals surface area (Å²) in [6.07, 6.45) is 2.52. The molecule has 1 aliphatic heterocycles. The number of thiophene rings is 1. The zero-order chi connectivity index (χ0) is 14.9. The van der Waals surface area contributed by atoms with Crippen molar-refractivity contribution in [1.82, 2.24) is 15.5 Å². The Bertz CT molecular complexity index is 415. The number of carbonyl (C=O) groups is 1. The molecular formula is C15H27Cl2N3O2S. The molecular weight excluding hydrogens is 357 g/mol. The van der Waals surface area contributed by atoms with Crippen LogP contribution in [0.2, 0.25) is 0 Å². The van der Waals surface area contributed by atoms with Crippen molar-refractivity contribution in [3.63, 3.8) is 0 Å². The number of hydrogen-bond donors (Lipinski definition) is 2. The third kappa shape index (κ3) is 7.83. The van der Waals surface area contributed by atoms with Crippen LogP contribution in [0.5, 0.6) is 0 Å². The van der Waals surface area contributed by atoms with Crippen LogP contribution >= 0.6 is 36.2 Å². The van der Waals surface area contributed by atoms with Crippen molar-refractivity contribution in [2.75, 3.05) is 46.4 Å². The molecule has 1 aromatic rings. The number of nitrogens with one attached hydrogen (secondary N) is 2. The van der Waals surface area contributed by atoms with E-state index >= 15 is 0 Å². The Hall–Kier alpha value is -0.370. The van der Waals surface area contributed by atoms with Crippen molar-refractivity contribution in [2.24, 2.45) is 0 Å². The fraction of sp³-hybridized carbons (Fsp3) is 0.667. The minimum Gasteiger partial charge on any atom is -0.383 e. The fourth-order valence-corrected chi connectivity index (χ4v) is 3.45. The summed E-state index contributed by atoms with van der Waals surface area (Å²) in [4.78, 5) is 15.7. The van der Waals surface area contributed by atoms with E-state index in [2.05, 4.69) is 33.0 Å². The SMILES string of the molecule is COCCNCC(=O)NCC(c1cccs1)N1CCCC1.Cl.Cl. The molecule has 0 radical (unpaired) electrons. The lowest BCUT2D eigenvalue weighted by Gasteiger charge is -2.26. The number of rotatable bonds is 9. The van der Waals surface area contributed by atoms with Crippen LogP contribution in [0.15, 0.2) is 17.5 Å². The number of ether oxygens (including phenoxy) is 1. The van der Waals surface area contributed by atoms with Gasteiger partial charge in [-0.1, -0.05) is 6.07 Å². The molecule has 0 spiro atoms. The van der Waals surface area contributed by atoms with E-state index in [1.807, 2.05) is 0 Å². The molecule has 2 heterocycles. The van der Waals surface area contributed by atoms with Gasteiger partial charge in [-0.05, 0) is 37.4 Å². The highest BCUT2D eigenvalue weighted by molar-refractivity contribution is 7.10. The zero-order valence-electron chi connectivity index (χ0n) is 13.5. The molecule has 0 saturated carbocycles. The van der Waals surface area contributed by atoms with Gasteiger partial charge in [0.1, 0.15) is 0 Å². The van der Waals surface area contributed by atoms with Crippen LogP contribution in [0.25, 0.3) is 0 Å². The first kappa shape index (κ1) is 22.6. The summed E-state index contributed by atoms with van der Waals surface area (Å²) in [5.74, 6) is 0.0480. The summed E-state index contributed by atoms with van der Waals surface area (Å²) in [6, 6.07) is 4.56. The Morgan fingerprint density at radius 3 is 2.74 bits per heavy atom. The number of nitrogens with zero attached hydrogens (tertiary/aromatic N) is 1. The second kappa shape index (κ2) is 13.0. The van der Waals surface area contributed by atoms with Crippen LogP contribution in [0.4, 0.5) is 0 Å². The van der Waals surface area contributed by atoms with E-state index in [0.717, 1.165) is 13.1 Å². The maximum Gasteiger partial charge on any atom is 0.234 e. The van der Waals surface area contributed by atoms with Crippen molar-refractivity contribution in [3.8, 4) is 0 Å². The standard InChI is InChI=1S/C15H25N3O2S.2ClH/c1-20-9-6-16-12-15(19)17-11-13(14-5-4-10-21-14)18-7-2-3-8-18;;/h4-5,10,13,16H,2-3,6-9,11-12H2,1H3,(H,17,19);2*1H. The molecule has 2 rings (SSSR count). The van der Waals surface area contributed by atoms with E-state index in [4.69, 9.17) is 4.74 Å². The second-order valence-corrected chi connectivity index (χ2v) is 6.23. The molecule has 1 saturated heterocycles. The van der Waals surface area contributed by atoms with Gasteiger partial charge in [0.25, 0.3) is 0 Å². The molecule has 1 aromatic heterocycles. The second-order valence-electron chi connectivity index (χ2n) is 5.25. The molecule has 5 nitrogen and oxygen atoms in total. The summed E-state index contributed by atoms with van der Waals surface area (Å²) < 4.78 is 4.94. The Balaban J connectivity index is 0.00000242. The maximum atomic E-state index is 11.9. The smallest absolute Gasteiger partial charge is 0.234 e. The molecule has 1 aliphatic rings. The predicted octanol–water partition coefficient (Wildman–Crippen LogP) is 2.08. The van der Waals surface area contributed by atoms with E-state index < -0.39 is 0 Å². The molecule has 23 heavy (non-hydrogen) atoms. The number of hydrogen-bond acceptors (Lipinski definition) is 5. The van der Waals surface area contributed by atoms with E-state index in [1.54, 1.807) is 18.4 Å². The Kier molecular flexibility index (Phi) is 12.8. The molecule has 1 unspecified atom stereocenters. The molecule has 0 aliphatic carbocycles. The molecule has 2 N–H and O–H groups in total.